The number of rotatable bonds is 6. The standard InChI is InChI=1S/C29H32N4O3/c1-18-5-4-6-23(26(18)36-16-20-11-19(2)24-14-30-9-7-21(24)12-20)25-8-10-31-28(32-25)33-15-22-13-29(22,17-33)27(34)35-3/h4-6,8,10-12,22,30H,7,9,13-17H2,1-3H3/t22-,29-/m0/s1. The van der Waals surface area contributed by atoms with E-state index in [-0.39, 0.29) is 11.4 Å². The lowest BCUT2D eigenvalue weighted by Crippen LogP contribution is -2.30. The Morgan fingerprint density at radius 2 is 2.11 bits per heavy atom. The van der Waals surface area contributed by atoms with E-state index in [0.717, 1.165) is 55.0 Å². The minimum Gasteiger partial charge on any atom is -0.488 e. The minimum absolute atomic E-state index is 0.116. The van der Waals surface area contributed by atoms with E-state index in [1.54, 1.807) is 6.20 Å². The van der Waals surface area contributed by atoms with Gasteiger partial charge in [0.25, 0.3) is 0 Å². The summed E-state index contributed by atoms with van der Waals surface area (Å²) in [5.41, 5.74) is 7.80. The van der Waals surface area contributed by atoms with Gasteiger partial charge in [0.15, 0.2) is 0 Å². The fraction of sp³-hybridized carbons (Fsp3) is 0.414. The second-order valence-corrected chi connectivity index (χ2v) is 10.4. The molecule has 36 heavy (non-hydrogen) atoms. The molecule has 0 unspecified atom stereocenters. The molecule has 2 aliphatic heterocycles. The molecule has 3 aliphatic rings. The van der Waals surface area contributed by atoms with Gasteiger partial charge < -0.3 is 19.7 Å². The Labute approximate surface area is 211 Å². The Kier molecular flexibility index (Phi) is 5.67. The molecule has 0 spiro atoms. The molecule has 2 atom stereocenters. The van der Waals surface area contributed by atoms with Crippen molar-refractivity contribution in [2.75, 3.05) is 31.6 Å². The summed E-state index contributed by atoms with van der Waals surface area (Å²) in [6, 6.07) is 12.6. The molecule has 0 bridgehead atoms. The van der Waals surface area contributed by atoms with E-state index in [1.807, 2.05) is 12.1 Å². The number of nitrogens with zero attached hydrogens (tertiary/aromatic N) is 3. The zero-order valence-corrected chi connectivity index (χ0v) is 21.1. The molecule has 7 nitrogen and oxygen atoms in total. The molecule has 1 saturated carbocycles. The van der Waals surface area contributed by atoms with Gasteiger partial charge in [-0.2, -0.15) is 0 Å². The second kappa shape index (κ2) is 8.89. The molecule has 2 aromatic carbocycles. The molecule has 2 fully saturated rings. The van der Waals surface area contributed by atoms with Crippen LogP contribution in [0.3, 0.4) is 0 Å². The summed E-state index contributed by atoms with van der Waals surface area (Å²) >= 11 is 0. The Balaban J connectivity index is 1.25. The lowest BCUT2D eigenvalue weighted by atomic mass is 9.94. The number of ether oxygens (including phenoxy) is 2. The van der Waals surface area contributed by atoms with E-state index >= 15 is 0 Å². The Bertz CT molecular complexity index is 1340. The van der Waals surface area contributed by atoms with Gasteiger partial charge in [-0.25, -0.2) is 9.97 Å². The first-order valence-electron chi connectivity index (χ1n) is 12.7. The first kappa shape index (κ1) is 23.0. The molecule has 186 valence electrons. The van der Waals surface area contributed by atoms with E-state index in [9.17, 15) is 4.79 Å². The maximum atomic E-state index is 12.3. The smallest absolute Gasteiger partial charge is 0.313 e. The van der Waals surface area contributed by atoms with Crippen LogP contribution >= 0.6 is 0 Å². The molecule has 3 aromatic rings. The van der Waals surface area contributed by atoms with Gasteiger partial charge >= 0.3 is 5.97 Å². The second-order valence-electron chi connectivity index (χ2n) is 10.4. The van der Waals surface area contributed by atoms with Crippen LogP contribution < -0.4 is 15.0 Å². The third-order valence-electron chi connectivity index (χ3n) is 8.03. The van der Waals surface area contributed by atoms with Crippen molar-refractivity contribution in [2.45, 2.75) is 39.8 Å². The average Bonchev–Trinajstić information content (AvgIpc) is 3.47. The zero-order valence-electron chi connectivity index (χ0n) is 21.1. The van der Waals surface area contributed by atoms with Crippen LogP contribution in [0.1, 0.15) is 34.2 Å². The highest BCUT2D eigenvalue weighted by atomic mass is 16.5. The van der Waals surface area contributed by atoms with E-state index in [2.05, 4.69) is 53.3 Å². The van der Waals surface area contributed by atoms with Gasteiger partial charge in [-0.1, -0.05) is 24.3 Å². The zero-order chi connectivity index (χ0) is 24.9. The topological polar surface area (TPSA) is 76.6 Å². The third kappa shape index (κ3) is 3.91. The number of benzene rings is 2. The van der Waals surface area contributed by atoms with Gasteiger partial charge in [0.05, 0.1) is 18.2 Å². The molecular weight excluding hydrogens is 452 g/mol. The normalized spacial score (nSPS) is 22.1. The summed E-state index contributed by atoms with van der Waals surface area (Å²) in [7, 11) is 1.47. The van der Waals surface area contributed by atoms with Crippen molar-refractivity contribution in [2.24, 2.45) is 11.3 Å². The number of piperidine rings is 1. The molecule has 1 saturated heterocycles. The summed E-state index contributed by atoms with van der Waals surface area (Å²) in [6.45, 7) is 8.11. The number of carbonyl (C=O) groups excluding carboxylic acids is 1. The van der Waals surface area contributed by atoms with Crippen LogP contribution in [0.4, 0.5) is 5.95 Å². The minimum atomic E-state index is -0.380. The lowest BCUT2D eigenvalue weighted by molar-refractivity contribution is -0.146. The number of aromatic nitrogens is 2. The van der Waals surface area contributed by atoms with Gasteiger partial charge in [0, 0.05) is 31.4 Å². The fourth-order valence-electron chi connectivity index (χ4n) is 5.97. The number of hydrogen-bond acceptors (Lipinski definition) is 7. The van der Waals surface area contributed by atoms with Crippen molar-refractivity contribution in [1.82, 2.24) is 15.3 Å². The average molecular weight is 485 g/mol. The van der Waals surface area contributed by atoms with Gasteiger partial charge in [-0.15, -0.1) is 0 Å². The summed E-state index contributed by atoms with van der Waals surface area (Å²) < 4.78 is 11.5. The first-order valence-corrected chi connectivity index (χ1v) is 12.7. The van der Waals surface area contributed by atoms with Gasteiger partial charge in [0.1, 0.15) is 12.4 Å². The Morgan fingerprint density at radius 3 is 2.97 bits per heavy atom. The molecule has 0 amide bonds. The molecule has 3 heterocycles. The van der Waals surface area contributed by atoms with Crippen LogP contribution in [0.2, 0.25) is 0 Å². The summed E-state index contributed by atoms with van der Waals surface area (Å²) in [5, 5.41) is 3.46. The summed E-state index contributed by atoms with van der Waals surface area (Å²) in [6.07, 6.45) is 3.74. The largest absolute Gasteiger partial charge is 0.488 e. The molecule has 7 heteroatoms. The van der Waals surface area contributed by atoms with Crippen molar-refractivity contribution in [3.05, 3.63) is 70.4 Å². The monoisotopic (exact) mass is 484 g/mol. The number of nitrogens with one attached hydrogen (secondary N) is 1. The van der Waals surface area contributed by atoms with Crippen molar-refractivity contribution in [3.63, 3.8) is 0 Å². The number of aryl methyl sites for hydroxylation is 2. The van der Waals surface area contributed by atoms with Crippen LogP contribution in [0, 0.1) is 25.2 Å². The highest BCUT2D eigenvalue weighted by Crippen LogP contribution is 2.58. The maximum Gasteiger partial charge on any atom is 0.313 e. The SMILES string of the molecule is COC(=O)[C@]12C[C@H]1CN(c1nccc(-c3cccc(C)c3OCc3cc(C)c4c(c3)CCNC4)n1)C2. The lowest BCUT2D eigenvalue weighted by Gasteiger charge is -2.22. The number of hydrogen-bond donors (Lipinski definition) is 1. The van der Waals surface area contributed by atoms with Crippen molar-refractivity contribution >= 4 is 11.9 Å². The molecule has 1 aromatic heterocycles. The predicted octanol–water partition coefficient (Wildman–Crippen LogP) is 3.98. The van der Waals surface area contributed by atoms with Crippen molar-refractivity contribution in [1.29, 1.82) is 0 Å². The fourth-order valence-corrected chi connectivity index (χ4v) is 5.97. The van der Waals surface area contributed by atoms with Crippen molar-refractivity contribution in [3.8, 4) is 17.0 Å². The van der Waals surface area contributed by atoms with Crippen LogP contribution in [0.5, 0.6) is 5.75 Å². The maximum absolute atomic E-state index is 12.3. The predicted molar refractivity (Wildman–Crippen MR) is 138 cm³/mol. The summed E-state index contributed by atoms with van der Waals surface area (Å²) in [5.74, 6) is 1.70. The molecule has 6 rings (SSSR count). The van der Waals surface area contributed by atoms with Crippen molar-refractivity contribution < 1.29 is 14.3 Å². The number of methoxy groups -OCH3 is 1. The number of carbonyl (C=O) groups is 1. The van der Waals surface area contributed by atoms with Gasteiger partial charge in [-0.05, 0) is 79.1 Å². The van der Waals surface area contributed by atoms with Crippen LogP contribution in [0.15, 0.2) is 42.6 Å². The number of esters is 1. The van der Waals surface area contributed by atoms with E-state index in [4.69, 9.17) is 14.5 Å². The number of para-hydroxylation sites is 1. The van der Waals surface area contributed by atoms with E-state index < -0.39 is 0 Å². The number of fused-ring (bicyclic) bond motifs is 2. The van der Waals surface area contributed by atoms with Gasteiger partial charge in [-0.3, -0.25) is 4.79 Å². The van der Waals surface area contributed by atoms with Crippen LogP contribution in [0.25, 0.3) is 11.3 Å². The highest BCUT2D eigenvalue weighted by molar-refractivity contribution is 5.83. The molecule has 1 N–H and O–H groups in total. The van der Waals surface area contributed by atoms with E-state index in [1.165, 1.54) is 29.4 Å². The molecular formula is C29H32N4O3. The number of anilines is 1. The Hall–Kier alpha value is -3.45. The quantitative estimate of drug-likeness (QED) is 0.530. The third-order valence-corrected chi connectivity index (χ3v) is 8.03. The van der Waals surface area contributed by atoms with Gasteiger partial charge in [0.2, 0.25) is 5.95 Å². The molecule has 1 aliphatic carbocycles. The van der Waals surface area contributed by atoms with Crippen LogP contribution in [-0.2, 0) is 29.1 Å². The Morgan fingerprint density at radius 1 is 1.22 bits per heavy atom. The van der Waals surface area contributed by atoms with E-state index in [0.29, 0.717) is 25.0 Å². The summed E-state index contributed by atoms with van der Waals surface area (Å²) in [4.78, 5) is 23.8. The first-order chi connectivity index (χ1) is 17.5. The molecule has 0 radical (unpaired) electrons. The highest BCUT2D eigenvalue weighted by Gasteiger charge is 2.66. The van der Waals surface area contributed by atoms with Crippen LogP contribution in [-0.4, -0.2) is 42.7 Å².